The van der Waals surface area contributed by atoms with E-state index in [9.17, 15) is 5.11 Å². The van der Waals surface area contributed by atoms with Crippen molar-refractivity contribution in [3.05, 3.63) is 59.2 Å². The fourth-order valence-corrected chi connectivity index (χ4v) is 1.74. The molecule has 0 spiro atoms. The molecule has 0 amide bonds. The van der Waals surface area contributed by atoms with Gasteiger partial charge in [0.2, 0.25) is 0 Å². The first-order chi connectivity index (χ1) is 8.18. The zero-order valence-corrected chi connectivity index (χ0v) is 10.0. The molecule has 2 rings (SSSR count). The third-order valence-corrected chi connectivity index (χ3v) is 2.71. The number of aliphatic imine (C=N–C) groups is 1. The second-order valence-corrected chi connectivity index (χ2v) is 4.06. The van der Waals surface area contributed by atoms with E-state index < -0.39 is 0 Å². The average Bonchev–Trinajstić information content (AvgIpc) is 2.30. The maximum atomic E-state index is 9.64. The van der Waals surface area contributed by atoms with Crippen molar-refractivity contribution >= 4 is 11.9 Å². The first kappa shape index (κ1) is 11.4. The van der Waals surface area contributed by atoms with Gasteiger partial charge in [0.25, 0.3) is 0 Å². The molecule has 17 heavy (non-hydrogen) atoms. The SMILES string of the molecule is Cc1cccc(C)c1/N=C/c1ccccc1O. The summed E-state index contributed by atoms with van der Waals surface area (Å²) in [6.45, 7) is 4.06. The quantitative estimate of drug-likeness (QED) is 0.775. The molecule has 0 atom stereocenters. The number of nitrogens with zero attached hydrogens (tertiary/aromatic N) is 1. The summed E-state index contributed by atoms with van der Waals surface area (Å²) in [5.74, 6) is 0.252. The van der Waals surface area contributed by atoms with Gasteiger partial charge in [-0.25, -0.2) is 0 Å². The Bertz CT molecular complexity index is 538. The van der Waals surface area contributed by atoms with Crippen molar-refractivity contribution < 1.29 is 5.11 Å². The van der Waals surface area contributed by atoms with E-state index in [1.54, 1.807) is 18.3 Å². The zero-order chi connectivity index (χ0) is 12.3. The molecule has 2 aromatic rings. The molecule has 2 nitrogen and oxygen atoms in total. The van der Waals surface area contributed by atoms with Crippen molar-refractivity contribution in [2.75, 3.05) is 0 Å². The number of aromatic hydroxyl groups is 1. The molecule has 0 aliphatic carbocycles. The van der Waals surface area contributed by atoms with Crippen LogP contribution in [0.5, 0.6) is 5.75 Å². The van der Waals surface area contributed by atoms with Crippen LogP contribution in [0.3, 0.4) is 0 Å². The Hall–Kier alpha value is -2.09. The molecule has 0 unspecified atom stereocenters. The number of hydrogen-bond donors (Lipinski definition) is 1. The summed E-state index contributed by atoms with van der Waals surface area (Å²) >= 11 is 0. The van der Waals surface area contributed by atoms with E-state index in [0.717, 1.165) is 22.4 Å². The van der Waals surface area contributed by atoms with E-state index >= 15 is 0 Å². The van der Waals surface area contributed by atoms with Crippen LogP contribution in [0.15, 0.2) is 47.5 Å². The fraction of sp³-hybridized carbons (Fsp3) is 0.133. The molecule has 1 N–H and O–H groups in total. The molecule has 0 aliphatic rings. The lowest BCUT2D eigenvalue weighted by molar-refractivity contribution is 0.474. The summed E-state index contributed by atoms with van der Waals surface area (Å²) in [7, 11) is 0. The Morgan fingerprint density at radius 2 is 1.59 bits per heavy atom. The Morgan fingerprint density at radius 3 is 2.24 bits per heavy atom. The van der Waals surface area contributed by atoms with Crippen molar-refractivity contribution in [1.29, 1.82) is 0 Å². The summed E-state index contributed by atoms with van der Waals surface area (Å²) in [6.07, 6.45) is 1.70. The van der Waals surface area contributed by atoms with Crippen molar-refractivity contribution in [2.24, 2.45) is 4.99 Å². The summed E-state index contributed by atoms with van der Waals surface area (Å²) in [4.78, 5) is 4.45. The van der Waals surface area contributed by atoms with E-state index in [1.165, 1.54) is 0 Å². The molecule has 0 aromatic heterocycles. The molecular weight excluding hydrogens is 210 g/mol. The van der Waals surface area contributed by atoms with Crippen LogP contribution in [0, 0.1) is 13.8 Å². The van der Waals surface area contributed by atoms with Gasteiger partial charge in [0, 0.05) is 11.8 Å². The van der Waals surface area contributed by atoms with Crippen LogP contribution in [-0.4, -0.2) is 11.3 Å². The summed E-state index contributed by atoms with van der Waals surface area (Å²) in [5.41, 5.74) is 3.97. The lowest BCUT2D eigenvalue weighted by atomic mass is 10.1. The van der Waals surface area contributed by atoms with Gasteiger partial charge in [-0.15, -0.1) is 0 Å². The number of aryl methyl sites for hydroxylation is 2. The van der Waals surface area contributed by atoms with E-state index in [-0.39, 0.29) is 5.75 Å². The highest BCUT2D eigenvalue weighted by Crippen LogP contribution is 2.23. The number of hydrogen-bond acceptors (Lipinski definition) is 2. The van der Waals surface area contributed by atoms with E-state index in [2.05, 4.69) is 4.99 Å². The van der Waals surface area contributed by atoms with Crippen LogP contribution in [-0.2, 0) is 0 Å². The van der Waals surface area contributed by atoms with Crippen LogP contribution in [0.25, 0.3) is 0 Å². The van der Waals surface area contributed by atoms with Gasteiger partial charge in [-0.1, -0.05) is 30.3 Å². The first-order valence-electron chi connectivity index (χ1n) is 5.57. The molecule has 2 heteroatoms. The van der Waals surface area contributed by atoms with Gasteiger partial charge in [0.1, 0.15) is 5.75 Å². The van der Waals surface area contributed by atoms with Crippen molar-refractivity contribution in [3.8, 4) is 5.75 Å². The Labute approximate surface area is 101 Å². The topological polar surface area (TPSA) is 32.6 Å². The highest BCUT2D eigenvalue weighted by molar-refractivity contribution is 5.85. The molecule has 0 fully saturated rings. The first-order valence-corrected chi connectivity index (χ1v) is 5.57. The van der Waals surface area contributed by atoms with Crippen LogP contribution >= 0.6 is 0 Å². The van der Waals surface area contributed by atoms with Crippen LogP contribution in [0.2, 0.25) is 0 Å². The molecule has 0 saturated heterocycles. The fourth-order valence-electron chi connectivity index (χ4n) is 1.74. The van der Waals surface area contributed by atoms with Crippen LogP contribution in [0.4, 0.5) is 5.69 Å². The number of benzene rings is 2. The molecule has 0 bridgehead atoms. The van der Waals surface area contributed by atoms with Crippen LogP contribution in [0.1, 0.15) is 16.7 Å². The van der Waals surface area contributed by atoms with Crippen molar-refractivity contribution in [2.45, 2.75) is 13.8 Å². The van der Waals surface area contributed by atoms with Gasteiger partial charge >= 0.3 is 0 Å². The molecule has 0 heterocycles. The van der Waals surface area contributed by atoms with E-state index in [4.69, 9.17) is 0 Å². The number of para-hydroxylation sites is 2. The lowest BCUT2D eigenvalue weighted by Gasteiger charge is -2.03. The third kappa shape index (κ3) is 2.53. The minimum atomic E-state index is 0.252. The monoisotopic (exact) mass is 225 g/mol. The Morgan fingerprint density at radius 1 is 0.941 bits per heavy atom. The molecule has 0 radical (unpaired) electrons. The minimum absolute atomic E-state index is 0.252. The van der Waals surface area contributed by atoms with Crippen molar-refractivity contribution in [1.82, 2.24) is 0 Å². The zero-order valence-electron chi connectivity index (χ0n) is 10.0. The van der Waals surface area contributed by atoms with Gasteiger partial charge in [-0.2, -0.15) is 0 Å². The molecule has 86 valence electrons. The van der Waals surface area contributed by atoms with E-state index in [1.807, 2.05) is 44.2 Å². The standard InChI is InChI=1S/C15H15NO/c1-11-6-5-7-12(2)15(11)16-10-13-8-3-4-9-14(13)17/h3-10,17H,1-2H3/b16-10+. The largest absolute Gasteiger partial charge is 0.507 e. The molecular formula is C15H15NO. The predicted octanol–water partition coefficient (Wildman–Crippen LogP) is 3.76. The molecule has 0 saturated carbocycles. The summed E-state index contributed by atoms with van der Waals surface area (Å²) in [6, 6.07) is 13.3. The number of phenols is 1. The normalized spacial score (nSPS) is 10.9. The smallest absolute Gasteiger partial charge is 0.124 e. The maximum absolute atomic E-state index is 9.64. The van der Waals surface area contributed by atoms with Crippen LogP contribution < -0.4 is 0 Å². The van der Waals surface area contributed by atoms with Gasteiger partial charge in [-0.05, 0) is 37.1 Å². The number of rotatable bonds is 2. The maximum Gasteiger partial charge on any atom is 0.124 e. The summed E-state index contributed by atoms with van der Waals surface area (Å²) in [5, 5.41) is 9.64. The van der Waals surface area contributed by atoms with Gasteiger partial charge in [0.15, 0.2) is 0 Å². The molecule has 0 aliphatic heterocycles. The number of phenolic OH excluding ortho intramolecular Hbond substituents is 1. The average molecular weight is 225 g/mol. The highest BCUT2D eigenvalue weighted by atomic mass is 16.3. The van der Waals surface area contributed by atoms with Gasteiger partial charge in [0.05, 0.1) is 5.69 Å². The second kappa shape index (κ2) is 4.83. The lowest BCUT2D eigenvalue weighted by Crippen LogP contribution is -1.84. The molecule has 2 aromatic carbocycles. The van der Waals surface area contributed by atoms with Gasteiger partial charge < -0.3 is 5.11 Å². The predicted molar refractivity (Wildman–Crippen MR) is 71.3 cm³/mol. The van der Waals surface area contributed by atoms with Gasteiger partial charge in [-0.3, -0.25) is 4.99 Å². The third-order valence-electron chi connectivity index (χ3n) is 2.71. The Kier molecular flexibility index (Phi) is 3.24. The second-order valence-electron chi connectivity index (χ2n) is 4.06. The van der Waals surface area contributed by atoms with E-state index in [0.29, 0.717) is 0 Å². The van der Waals surface area contributed by atoms with Crippen molar-refractivity contribution in [3.63, 3.8) is 0 Å². The highest BCUT2D eigenvalue weighted by Gasteiger charge is 2.00. The summed E-state index contributed by atoms with van der Waals surface area (Å²) < 4.78 is 0. The minimum Gasteiger partial charge on any atom is -0.507 e. The Balaban J connectivity index is 2.36.